The number of benzene rings is 2. The molecule has 0 saturated heterocycles. The molecule has 0 heterocycles. The summed E-state index contributed by atoms with van der Waals surface area (Å²) in [6, 6.07) is 9.79. The molecule has 0 aliphatic rings. The van der Waals surface area contributed by atoms with Crippen LogP contribution in [0.3, 0.4) is 0 Å². The molecule has 0 fully saturated rings. The molecule has 1 atom stereocenters. The minimum Gasteiger partial charge on any atom is -0.497 e. The summed E-state index contributed by atoms with van der Waals surface area (Å²) in [5, 5.41) is 14.9. The van der Waals surface area contributed by atoms with Crippen molar-refractivity contribution in [1.29, 1.82) is 0 Å². The first-order valence-electron chi connectivity index (χ1n) is 8.10. The molecule has 0 radical (unpaired) electrons. The Bertz CT molecular complexity index is 823. The highest BCUT2D eigenvalue weighted by Crippen LogP contribution is 2.17. The van der Waals surface area contributed by atoms with Crippen LogP contribution in [0.4, 0.5) is 14.5 Å². The molecule has 8 heteroatoms. The van der Waals surface area contributed by atoms with Gasteiger partial charge in [-0.3, -0.25) is 9.59 Å². The molecule has 0 aromatic heterocycles. The van der Waals surface area contributed by atoms with Crippen LogP contribution in [0, 0.1) is 11.6 Å². The lowest BCUT2D eigenvalue weighted by Crippen LogP contribution is -2.45. The van der Waals surface area contributed by atoms with Crippen molar-refractivity contribution in [1.82, 2.24) is 5.32 Å². The van der Waals surface area contributed by atoms with Gasteiger partial charge in [0.2, 0.25) is 0 Å². The summed E-state index contributed by atoms with van der Waals surface area (Å²) >= 11 is 0. The summed E-state index contributed by atoms with van der Waals surface area (Å²) in [5.74, 6) is -3.58. The molecule has 2 aromatic carbocycles. The highest BCUT2D eigenvalue weighted by Gasteiger charge is 2.24. The van der Waals surface area contributed by atoms with Crippen molar-refractivity contribution in [2.24, 2.45) is 0 Å². The highest BCUT2D eigenvalue weighted by molar-refractivity contribution is 6.39. The van der Waals surface area contributed by atoms with Crippen LogP contribution in [0.25, 0.3) is 0 Å². The molecular weight excluding hydrogens is 358 g/mol. The van der Waals surface area contributed by atoms with Crippen LogP contribution in [-0.4, -0.2) is 36.2 Å². The predicted molar refractivity (Wildman–Crippen MR) is 95.3 cm³/mol. The van der Waals surface area contributed by atoms with E-state index in [-0.39, 0.29) is 18.7 Å². The van der Waals surface area contributed by atoms with Gasteiger partial charge in [-0.05, 0) is 36.8 Å². The van der Waals surface area contributed by atoms with Crippen molar-refractivity contribution in [3.05, 3.63) is 59.7 Å². The van der Waals surface area contributed by atoms with E-state index in [1.165, 1.54) is 6.92 Å². The molecule has 2 amide bonds. The first-order chi connectivity index (χ1) is 12.7. The molecule has 6 nitrogen and oxygen atoms in total. The molecule has 27 heavy (non-hydrogen) atoms. The van der Waals surface area contributed by atoms with Gasteiger partial charge in [-0.2, -0.15) is 0 Å². The number of aliphatic hydroxyl groups is 1. The molecule has 0 saturated carbocycles. The lowest BCUT2D eigenvalue weighted by molar-refractivity contribution is -0.136. The van der Waals surface area contributed by atoms with Crippen molar-refractivity contribution < 1.29 is 28.2 Å². The van der Waals surface area contributed by atoms with E-state index in [4.69, 9.17) is 4.74 Å². The smallest absolute Gasteiger partial charge is 0.313 e. The van der Waals surface area contributed by atoms with Crippen LogP contribution in [-0.2, 0) is 16.0 Å². The van der Waals surface area contributed by atoms with E-state index in [0.717, 1.165) is 23.8 Å². The van der Waals surface area contributed by atoms with Gasteiger partial charge in [0.25, 0.3) is 0 Å². The van der Waals surface area contributed by atoms with Crippen molar-refractivity contribution in [2.75, 3.05) is 19.0 Å². The van der Waals surface area contributed by atoms with Gasteiger partial charge in [0.05, 0.1) is 12.7 Å². The Labute approximate surface area is 155 Å². The molecule has 2 rings (SSSR count). The Kier molecular flexibility index (Phi) is 6.46. The number of nitrogens with one attached hydrogen (secondary N) is 2. The summed E-state index contributed by atoms with van der Waals surface area (Å²) in [6.07, 6.45) is 0.238. The summed E-state index contributed by atoms with van der Waals surface area (Å²) in [6.45, 7) is 1.34. The van der Waals surface area contributed by atoms with E-state index in [1.807, 2.05) is 0 Å². The normalized spacial score (nSPS) is 12.8. The Hall–Kier alpha value is -3.00. The molecular formula is C19H20F2N2O4. The number of methoxy groups -OCH3 is 1. The van der Waals surface area contributed by atoms with E-state index in [0.29, 0.717) is 5.75 Å². The zero-order chi connectivity index (χ0) is 20.0. The number of halogens is 2. The van der Waals surface area contributed by atoms with Crippen molar-refractivity contribution in [3.8, 4) is 5.75 Å². The SMILES string of the molecule is COc1ccc(CC(C)(O)CNC(=O)C(=O)Nc2ccc(F)c(F)c2)cc1. The van der Waals surface area contributed by atoms with Crippen LogP contribution >= 0.6 is 0 Å². The van der Waals surface area contributed by atoms with Crippen LogP contribution < -0.4 is 15.4 Å². The molecule has 0 aliphatic carbocycles. The number of hydrogen-bond acceptors (Lipinski definition) is 4. The fourth-order valence-electron chi connectivity index (χ4n) is 2.36. The summed E-state index contributed by atoms with van der Waals surface area (Å²) < 4.78 is 31.0. The molecule has 144 valence electrons. The summed E-state index contributed by atoms with van der Waals surface area (Å²) in [5.41, 5.74) is -0.535. The van der Waals surface area contributed by atoms with Crippen LogP contribution in [0.5, 0.6) is 5.75 Å². The number of amides is 2. The number of carbonyl (C=O) groups is 2. The minimum atomic E-state index is -1.30. The maximum Gasteiger partial charge on any atom is 0.313 e. The largest absolute Gasteiger partial charge is 0.497 e. The first-order valence-corrected chi connectivity index (χ1v) is 8.10. The standard InChI is InChI=1S/C19H20F2N2O4/c1-19(26,10-12-3-6-14(27-2)7-4-12)11-22-17(24)18(25)23-13-5-8-15(20)16(21)9-13/h3-9,26H,10-11H2,1-2H3,(H,22,24)(H,23,25). The van der Waals surface area contributed by atoms with Gasteiger partial charge in [-0.15, -0.1) is 0 Å². The van der Waals surface area contributed by atoms with E-state index in [2.05, 4.69) is 10.6 Å². The number of anilines is 1. The first kappa shape index (κ1) is 20.3. The number of carbonyl (C=O) groups excluding carboxylic acids is 2. The third-order valence-electron chi connectivity index (χ3n) is 3.76. The van der Waals surface area contributed by atoms with E-state index >= 15 is 0 Å². The second-order valence-corrected chi connectivity index (χ2v) is 6.29. The van der Waals surface area contributed by atoms with Crippen LogP contribution in [0.15, 0.2) is 42.5 Å². The van der Waals surface area contributed by atoms with Crippen molar-refractivity contribution in [2.45, 2.75) is 18.9 Å². The average Bonchev–Trinajstić information content (AvgIpc) is 2.63. The Balaban J connectivity index is 1.88. The fourth-order valence-corrected chi connectivity index (χ4v) is 2.36. The number of ether oxygens (including phenoxy) is 1. The zero-order valence-electron chi connectivity index (χ0n) is 14.9. The van der Waals surface area contributed by atoms with Gasteiger partial charge >= 0.3 is 11.8 Å². The van der Waals surface area contributed by atoms with Gasteiger partial charge in [0.15, 0.2) is 11.6 Å². The van der Waals surface area contributed by atoms with E-state index in [1.54, 1.807) is 31.4 Å². The van der Waals surface area contributed by atoms with Crippen LogP contribution in [0.2, 0.25) is 0 Å². The predicted octanol–water partition coefficient (Wildman–Crippen LogP) is 2.02. The maximum atomic E-state index is 13.1. The van der Waals surface area contributed by atoms with Gasteiger partial charge in [0.1, 0.15) is 5.75 Å². The van der Waals surface area contributed by atoms with Crippen molar-refractivity contribution >= 4 is 17.5 Å². The molecule has 2 aromatic rings. The minimum absolute atomic E-state index is 0.0564. The Morgan fingerprint density at radius 1 is 1.07 bits per heavy atom. The molecule has 3 N–H and O–H groups in total. The van der Waals surface area contributed by atoms with Crippen LogP contribution in [0.1, 0.15) is 12.5 Å². The number of rotatable bonds is 6. The van der Waals surface area contributed by atoms with Gasteiger partial charge in [-0.1, -0.05) is 12.1 Å². The van der Waals surface area contributed by atoms with Crippen molar-refractivity contribution in [3.63, 3.8) is 0 Å². The van der Waals surface area contributed by atoms with Gasteiger partial charge < -0.3 is 20.5 Å². The van der Waals surface area contributed by atoms with Gasteiger partial charge in [0, 0.05) is 24.7 Å². The highest BCUT2D eigenvalue weighted by atomic mass is 19.2. The lowest BCUT2D eigenvalue weighted by Gasteiger charge is -2.23. The molecule has 1 unspecified atom stereocenters. The van der Waals surface area contributed by atoms with E-state index < -0.39 is 29.0 Å². The zero-order valence-corrected chi connectivity index (χ0v) is 14.9. The molecule has 0 bridgehead atoms. The summed E-state index contributed by atoms with van der Waals surface area (Å²) in [4.78, 5) is 23.7. The Morgan fingerprint density at radius 2 is 1.74 bits per heavy atom. The number of hydrogen-bond donors (Lipinski definition) is 3. The third-order valence-corrected chi connectivity index (χ3v) is 3.76. The average molecular weight is 378 g/mol. The lowest BCUT2D eigenvalue weighted by atomic mass is 9.96. The fraction of sp³-hybridized carbons (Fsp3) is 0.263. The third kappa shape index (κ3) is 6.03. The second kappa shape index (κ2) is 8.59. The maximum absolute atomic E-state index is 13.1. The topological polar surface area (TPSA) is 87.7 Å². The van der Waals surface area contributed by atoms with E-state index in [9.17, 15) is 23.5 Å². The molecule has 0 spiro atoms. The quantitative estimate of drug-likeness (QED) is 0.671. The second-order valence-electron chi connectivity index (χ2n) is 6.29. The Morgan fingerprint density at radius 3 is 2.33 bits per heavy atom. The van der Waals surface area contributed by atoms with Gasteiger partial charge in [-0.25, -0.2) is 8.78 Å². The monoisotopic (exact) mass is 378 g/mol. The summed E-state index contributed by atoms with van der Waals surface area (Å²) in [7, 11) is 1.55. The molecule has 0 aliphatic heterocycles.